The number of phenolic OH excluding ortho intramolecular Hbond substituents is 2. The van der Waals surface area contributed by atoms with Crippen molar-refractivity contribution in [3.05, 3.63) is 73.6 Å². The van der Waals surface area contributed by atoms with Crippen molar-refractivity contribution < 1.29 is 78.1 Å². The molecule has 0 radical (unpaired) electrons. The number of imidazole rings is 1. The third-order valence-electron chi connectivity index (χ3n) is 11.7. The Kier molecular flexibility index (Phi) is 11.7. The van der Waals surface area contributed by atoms with Gasteiger partial charge < -0.3 is 64.1 Å². The van der Waals surface area contributed by atoms with E-state index in [2.05, 4.69) is 4.98 Å². The van der Waals surface area contributed by atoms with Gasteiger partial charge in [0.1, 0.15) is 41.3 Å². The van der Waals surface area contributed by atoms with Crippen molar-refractivity contribution in [1.82, 2.24) is 14.5 Å². The zero-order valence-electron chi connectivity index (χ0n) is 34.0. The average molecular weight is 855 g/mol. The van der Waals surface area contributed by atoms with Crippen LogP contribution < -0.4 is 4.74 Å². The third kappa shape index (κ3) is 7.59. The molecule has 2 aliphatic carbocycles. The minimum Gasteiger partial charge on any atom is -0.507 e. The quantitative estimate of drug-likeness (QED) is 0.0916. The molecule has 0 saturated carbocycles. The van der Waals surface area contributed by atoms with Gasteiger partial charge >= 0.3 is 12.0 Å². The number of aromatic hydroxyl groups is 2. The lowest BCUT2D eigenvalue weighted by molar-refractivity contribution is -0.396. The zero-order chi connectivity index (χ0) is 44.4. The Morgan fingerprint density at radius 1 is 1.08 bits per heavy atom. The number of amides is 1. The van der Waals surface area contributed by atoms with Gasteiger partial charge in [0, 0.05) is 42.4 Å². The van der Waals surface area contributed by atoms with Gasteiger partial charge in [0.05, 0.1) is 55.2 Å². The molecule has 1 amide bonds. The molecule has 0 spiro atoms. The van der Waals surface area contributed by atoms with Crippen LogP contribution in [-0.2, 0) is 48.6 Å². The van der Waals surface area contributed by atoms with Crippen LogP contribution in [0.15, 0.2) is 24.4 Å². The smallest absolute Gasteiger partial charge is 0.434 e. The number of fused-ring (bicyclic) bond motifs is 4. The van der Waals surface area contributed by atoms with Gasteiger partial charge in [0.15, 0.2) is 42.7 Å². The van der Waals surface area contributed by atoms with E-state index in [1.165, 1.54) is 46.2 Å². The molecule has 1 aromatic heterocycles. The van der Waals surface area contributed by atoms with Crippen LogP contribution in [0, 0.1) is 10.1 Å². The van der Waals surface area contributed by atoms with E-state index in [-0.39, 0.29) is 46.5 Å². The van der Waals surface area contributed by atoms with Crippen molar-refractivity contribution in [2.24, 2.45) is 7.05 Å². The number of aliphatic hydroxyl groups excluding tert-OH is 2. The van der Waals surface area contributed by atoms with Gasteiger partial charge in [0.25, 0.3) is 0 Å². The number of phenols is 2. The summed E-state index contributed by atoms with van der Waals surface area (Å²) in [5.41, 5.74) is -3.80. The van der Waals surface area contributed by atoms with Crippen LogP contribution in [0.3, 0.4) is 0 Å². The van der Waals surface area contributed by atoms with Crippen LogP contribution in [0.1, 0.15) is 102 Å². The summed E-state index contributed by atoms with van der Waals surface area (Å²) in [6.07, 6.45) is -11.2. The Labute approximate surface area is 347 Å². The highest BCUT2D eigenvalue weighted by Gasteiger charge is 2.53. The highest BCUT2D eigenvalue weighted by atomic mass is 16.7. The van der Waals surface area contributed by atoms with Crippen LogP contribution in [-0.4, -0.2) is 130 Å². The molecule has 2 fully saturated rings. The van der Waals surface area contributed by atoms with Crippen molar-refractivity contribution in [2.45, 2.75) is 121 Å². The molecule has 21 nitrogen and oxygen atoms in total. The summed E-state index contributed by atoms with van der Waals surface area (Å²) in [5.74, 6) is -4.34. The number of hydrogen-bond acceptors (Lipinski definition) is 18. The van der Waals surface area contributed by atoms with Crippen LogP contribution in [0.2, 0.25) is 0 Å². The molecule has 328 valence electrons. The van der Waals surface area contributed by atoms with E-state index in [4.69, 9.17) is 28.4 Å². The van der Waals surface area contributed by atoms with Crippen molar-refractivity contribution in [1.29, 1.82) is 0 Å². The average Bonchev–Trinajstić information content (AvgIpc) is 3.57. The third-order valence-corrected chi connectivity index (χ3v) is 11.7. The fourth-order valence-corrected chi connectivity index (χ4v) is 8.58. The van der Waals surface area contributed by atoms with Crippen LogP contribution in [0.25, 0.3) is 0 Å². The number of ether oxygens (including phenoxy) is 6. The van der Waals surface area contributed by atoms with Crippen LogP contribution in [0.5, 0.6) is 17.2 Å². The second-order valence-corrected chi connectivity index (χ2v) is 15.7. The van der Waals surface area contributed by atoms with Crippen molar-refractivity contribution >= 4 is 29.4 Å². The number of ketones is 3. The monoisotopic (exact) mass is 854 g/mol. The Morgan fingerprint density at radius 2 is 1.79 bits per heavy atom. The van der Waals surface area contributed by atoms with Gasteiger partial charge in [-0.2, -0.15) is 0 Å². The molecule has 4 unspecified atom stereocenters. The highest BCUT2D eigenvalue weighted by Crippen LogP contribution is 2.53. The van der Waals surface area contributed by atoms with Crippen LogP contribution in [0.4, 0.5) is 10.7 Å². The maximum Gasteiger partial charge on any atom is 0.434 e. The van der Waals surface area contributed by atoms with E-state index in [9.17, 15) is 54.8 Å². The minimum absolute atomic E-state index is 0.0379. The summed E-state index contributed by atoms with van der Waals surface area (Å²) in [7, 11) is 2.66. The molecule has 2 saturated heterocycles. The Bertz CT molecular complexity index is 2290. The topological polar surface area (TPSA) is 289 Å². The normalized spacial score (nSPS) is 29.0. The van der Waals surface area contributed by atoms with E-state index < -0.39 is 137 Å². The molecule has 0 bridgehead atoms. The first-order chi connectivity index (χ1) is 28.8. The SMILES string of the molecule is COc1cccc2c1C(=O)c1c(O)c3c(c(O)c1C2=O)C[C@@](O)(C(C)=O)C[C@@H]3O[C@H]1C[C@H]2[C@H](OC(CC(C)O)OC(C)C(O)N2C(=O)OCc2cnc([N+](=O)[O-])n2C)[C@H](C)O1. The lowest BCUT2D eigenvalue weighted by Crippen LogP contribution is -2.65. The molecule has 4 aliphatic rings. The molecular weight excluding hydrogens is 808 g/mol. The molecule has 3 aromatic rings. The summed E-state index contributed by atoms with van der Waals surface area (Å²) in [6, 6.07) is 3.14. The fourth-order valence-electron chi connectivity index (χ4n) is 8.58. The lowest BCUT2D eigenvalue weighted by Gasteiger charge is -2.50. The number of benzene rings is 2. The van der Waals surface area contributed by atoms with Gasteiger partial charge in [-0.15, -0.1) is 0 Å². The van der Waals surface area contributed by atoms with Gasteiger partial charge in [-0.05, 0) is 38.7 Å². The number of methoxy groups -OCH3 is 1. The Morgan fingerprint density at radius 3 is 2.43 bits per heavy atom. The number of carbonyl (C=O) groups is 4. The molecule has 10 atom stereocenters. The number of nitrogens with zero attached hydrogens (tertiary/aromatic N) is 4. The first-order valence-corrected chi connectivity index (χ1v) is 19.5. The van der Waals surface area contributed by atoms with Gasteiger partial charge in [0.2, 0.25) is 5.78 Å². The van der Waals surface area contributed by atoms with Crippen LogP contribution >= 0.6 is 0 Å². The summed E-state index contributed by atoms with van der Waals surface area (Å²) < 4.78 is 37.0. The largest absolute Gasteiger partial charge is 0.507 e. The highest BCUT2D eigenvalue weighted by molar-refractivity contribution is 6.31. The standard InChI is InChI=1S/C40H46N4O17/c1-16(45)10-26-59-18(3)37(51)43(39(52)57-15-20-14-41-38(42(20)5)44(54)55)23-11-27(58-17(2)36(23)61-26)60-25-13-40(53,19(4)46)12-22-29(25)35(50)31-30(33(22)48)32(47)21-8-7-9-24(56-6)28(21)34(31)49/h7-9,14,16-18,23,25-27,36-37,45,48,50-51,53H,10-13,15H2,1-6H3/t16?,17-,18?,23-,25-,26?,27-,36+,37?,40-/m0/s1. The first kappa shape index (κ1) is 43.5. The molecule has 7 rings (SSSR count). The summed E-state index contributed by atoms with van der Waals surface area (Å²) in [4.78, 5) is 70.4. The number of aliphatic hydroxyl groups is 3. The molecule has 61 heavy (non-hydrogen) atoms. The fraction of sp³-hybridized carbons (Fsp3) is 0.525. The van der Waals surface area contributed by atoms with Crippen molar-refractivity contribution in [3.8, 4) is 17.2 Å². The van der Waals surface area contributed by atoms with E-state index in [1.54, 1.807) is 6.92 Å². The lowest BCUT2D eigenvalue weighted by atomic mass is 9.72. The van der Waals surface area contributed by atoms with E-state index in [1.807, 2.05) is 0 Å². The molecule has 21 heteroatoms. The number of rotatable bonds is 9. The second-order valence-electron chi connectivity index (χ2n) is 15.7. The number of Topliss-reactive ketones (excluding diaryl/α,β-unsaturated/α-hetero) is 1. The molecular formula is C40H46N4O17. The summed E-state index contributed by atoms with van der Waals surface area (Å²) in [6.45, 7) is 5.15. The van der Waals surface area contributed by atoms with E-state index >= 15 is 0 Å². The minimum atomic E-state index is -2.21. The van der Waals surface area contributed by atoms with Gasteiger partial charge in [-0.25, -0.2) is 9.36 Å². The number of carbonyl (C=O) groups excluding carboxylic acids is 4. The van der Waals surface area contributed by atoms with Crippen molar-refractivity contribution in [2.75, 3.05) is 7.11 Å². The number of hydrogen-bond donors (Lipinski definition) is 5. The molecule has 2 aromatic carbocycles. The maximum absolute atomic E-state index is 14.1. The predicted octanol–water partition coefficient (Wildman–Crippen LogP) is 2.21. The predicted molar refractivity (Wildman–Crippen MR) is 204 cm³/mol. The van der Waals surface area contributed by atoms with Gasteiger partial charge in [-0.3, -0.25) is 19.3 Å². The maximum atomic E-state index is 14.1. The summed E-state index contributed by atoms with van der Waals surface area (Å²) in [5, 5.41) is 68.8. The van der Waals surface area contributed by atoms with E-state index in [0.717, 1.165) is 22.6 Å². The zero-order valence-corrected chi connectivity index (χ0v) is 34.0. The van der Waals surface area contributed by atoms with Crippen molar-refractivity contribution in [3.63, 3.8) is 0 Å². The molecule has 5 N–H and O–H groups in total. The van der Waals surface area contributed by atoms with E-state index in [0.29, 0.717) is 0 Å². The second kappa shape index (κ2) is 16.4. The summed E-state index contributed by atoms with van der Waals surface area (Å²) >= 11 is 0. The van der Waals surface area contributed by atoms with Gasteiger partial charge in [-0.1, -0.05) is 17.1 Å². The Hall–Kier alpha value is -5.55. The Balaban J connectivity index is 1.27. The molecule has 2 aliphatic heterocycles. The number of aromatic nitrogens is 2. The molecule has 3 heterocycles. The first-order valence-electron chi connectivity index (χ1n) is 19.5. The number of nitro groups is 1.